The number of aliphatic hydroxyl groups is 2. The number of halogens is 3. The maximum absolute atomic E-state index is 14.1. The van der Waals surface area contributed by atoms with Crippen molar-refractivity contribution in [2.75, 3.05) is 5.32 Å². The van der Waals surface area contributed by atoms with Gasteiger partial charge < -0.3 is 20.8 Å². The van der Waals surface area contributed by atoms with E-state index in [-0.39, 0.29) is 22.1 Å². The minimum atomic E-state index is -1.04. The standard InChI is InChI=1S/C18H18ClFIN3O3/c19-16-7-10(18(27)24-13-2-1-3-15(25)17(13)26)14(8-22-16)23-12-5-4-9(21)6-11(12)20/h4-8,13,15,17,23,25-26H,1-3H2,(H,24,27)/t13-,15-,17+/m0/s1. The fourth-order valence-corrected chi connectivity index (χ4v) is 3.62. The summed E-state index contributed by atoms with van der Waals surface area (Å²) in [7, 11) is 0. The van der Waals surface area contributed by atoms with Crippen LogP contribution >= 0.6 is 34.2 Å². The second-order valence-electron chi connectivity index (χ2n) is 6.37. The van der Waals surface area contributed by atoms with Crippen molar-refractivity contribution in [3.63, 3.8) is 0 Å². The largest absolute Gasteiger partial charge is 0.390 e. The Balaban J connectivity index is 1.84. The van der Waals surface area contributed by atoms with Gasteiger partial charge in [0.15, 0.2) is 0 Å². The van der Waals surface area contributed by atoms with E-state index in [0.29, 0.717) is 19.3 Å². The fourth-order valence-electron chi connectivity index (χ4n) is 3.01. The van der Waals surface area contributed by atoms with Gasteiger partial charge in [0.2, 0.25) is 0 Å². The molecule has 0 spiro atoms. The number of aliphatic hydroxyl groups excluding tert-OH is 2. The minimum absolute atomic E-state index is 0.109. The number of carbonyl (C=O) groups excluding carboxylic acids is 1. The SMILES string of the molecule is O=C(N[C@H]1CCC[C@H](O)[C@@H]1O)c1cc(Cl)ncc1Nc1ccc(I)cc1F. The average Bonchev–Trinajstić information content (AvgIpc) is 2.62. The van der Waals surface area contributed by atoms with Crippen LogP contribution in [0.1, 0.15) is 29.6 Å². The van der Waals surface area contributed by atoms with E-state index in [1.165, 1.54) is 18.3 Å². The number of nitrogens with one attached hydrogen (secondary N) is 2. The number of benzene rings is 1. The second kappa shape index (κ2) is 8.68. The Morgan fingerprint density at radius 3 is 2.78 bits per heavy atom. The number of amides is 1. The summed E-state index contributed by atoms with van der Waals surface area (Å²) in [5.41, 5.74) is 0.643. The molecule has 0 bridgehead atoms. The lowest BCUT2D eigenvalue weighted by Gasteiger charge is -2.32. The lowest BCUT2D eigenvalue weighted by Crippen LogP contribution is -2.51. The molecule has 1 aromatic heterocycles. The first-order chi connectivity index (χ1) is 12.8. The van der Waals surface area contributed by atoms with E-state index in [0.717, 1.165) is 3.57 Å². The summed E-state index contributed by atoms with van der Waals surface area (Å²) in [5.74, 6) is -0.958. The molecule has 1 aromatic carbocycles. The van der Waals surface area contributed by atoms with Gasteiger partial charge in [-0.25, -0.2) is 9.37 Å². The van der Waals surface area contributed by atoms with E-state index >= 15 is 0 Å². The van der Waals surface area contributed by atoms with Crippen LogP contribution in [0.2, 0.25) is 5.15 Å². The summed E-state index contributed by atoms with van der Waals surface area (Å²) in [6.07, 6.45) is 1.18. The maximum atomic E-state index is 14.1. The molecule has 4 N–H and O–H groups in total. The van der Waals surface area contributed by atoms with E-state index < -0.39 is 30.0 Å². The molecule has 0 aliphatic heterocycles. The van der Waals surface area contributed by atoms with Crippen molar-refractivity contribution in [2.24, 2.45) is 0 Å². The molecule has 1 amide bonds. The van der Waals surface area contributed by atoms with Gasteiger partial charge in [0.25, 0.3) is 5.91 Å². The Bertz CT molecular complexity index is 855. The fraction of sp³-hybridized carbons (Fsp3) is 0.333. The number of nitrogens with zero attached hydrogens (tertiary/aromatic N) is 1. The highest BCUT2D eigenvalue weighted by Crippen LogP contribution is 2.26. The number of hydrogen-bond donors (Lipinski definition) is 4. The van der Waals surface area contributed by atoms with Crippen LogP contribution in [0.5, 0.6) is 0 Å². The third-order valence-corrected chi connectivity index (χ3v) is 5.33. The molecule has 144 valence electrons. The van der Waals surface area contributed by atoms with E-state index in [1.807, 2.05) is 22.6 Å². The molecule has 3 rings (SSSR count). The lowest BCUT2D eigenvalue weighted by molar-refractivity contribution is -0.0277. The summed E-state index contributed by atoms with van der Waals surface area (Å²) < 4.78 is 14.9. The van der Waals surface area contributed by atoms with Crippen LogP contribution in [0.15, 0.2) is 30.5 Å². The van der Waals surface area contributed by atoms with Crippen molar-refractivity contribution in [3.8, 4) is 0 Å². The highest BCUT2D eigenvalue weighted by Gasteiger charge is 2.32. The van der Waals surface area contributed by atoms with Gasteiger partial charge in [0.1, 0.15) is 11.0 Å². The van der Waals surface area contributed by atoms with Crippen molar-refractivity contribution in [3.05, 3.63) is 50.6 Å². The van der Waals surface area contributed by atoms with Crippen molar-refractivity contribution in [2.45, 2.75) is 37.5 Å². The Labute approximate surface area is 174 Å². The topological polar surface area (TPSA) is 94.5 Å². The number of aromatic nitrogens is 1. The molecule has 6 nitrogen and oxygen atoms in total. The van der Waals surface area contributed by atoms with E-state index in [1.54, 1.807) is 12.1 Å². The maximum Gasteiger partial charge on any atom is 0.253 e. The minimum Gasteiger partial charge on any atom is -0.390 e. The van der Waals surface area contributed by atoms with Gasteiger partial charge in [-0.1, -0.05) is 11.6 Å². The van der Waals surface area contributed by atoms with Crippen LogP contribution in [0.4, 0.5) is 15.8 Å². The van der Waals surface area contributed by atoms with Crippen molar-refractivity contribution >= 4 is 51.5 Å². The Morgan fingerprint density at radius 2 is 2.04 bits per heavy atom. The summed E-state index contributed by atoms with van der Waals surface area (Å²) in [5, 5.41) is 25.6. The first kappa shape index (κ1) is 20.2. The number of anilines is 2. The van der Waals surface area contributed by atoms with E-state index in [2.05, 4.69) is 15.6 Å². The van der Waals surface area contributed by atoms with Crippen LogP contribution < -0.4 is 10.6 Å². The normalized spacial score (nSPS) is 22.3. The molecule has 9 heteroatoms. The van der Waals surface area contributed by atoms with Crippen LogP contribution in [0.3, 0.4) is 0 Å². The average molecular weight is 506 g/mol. The molecule has 1 aliphatic carbocycles. The number of carbonyl (C=O) groups is 1. The third kappa shape index (κ3) is 4.87. The predicted molar refractivity (Wildman–Crippen MR) is 109 cm³/mol. The molecule has 1 heterocycles. The molecule has 2 aromatic rings. The van der Waals surface area contributed by atoms with Gasteiger partial charge in [0.05, 0.1) is 41.4 Å². The van der Waals surface area contributed by atoms with Gasteiger partial charge >= 0.3 is 0 Å². The summed E-state index contributed by atoms with van der Waals surface area (Å²) >= 11 is 7.93. The Hall–Kier alpha value is -1.49. The molecule has 3 atom stereocenters. The predicted octanol–water partition coefficient (Wildman–Crippen LogP) is 3.23. The molecule has 1 fully saturated rings. The molecule has 0 unspecified atom stereocenters. The van der Waals surface area contributed by atoms with E-state index in [9.17, 15) is 19.4 Å². The van der Waals surface area contributed by atoms with Crippen molar-refractivity contribution in [1.29, 1.82) is 0 Å². The molecule has 0 radical (unpaired) electrons. The highest BCUT2D eigenvalue weighted by atomic mass is 127. The lowest BCUT2D eigenvalue weighted by atomic mass is 9.90. The molecule has 0 saturated heterocycles. The second-order valence-corrected chi connectivity index (χ2v) is 8.00. The highest BCUT2D eigenvalue weighted by molar-refractivity contribution is 14.1. The zero-order chi connectivity index (χ0) is 19.6. The van der Waals surface area contributed by atoms with Gasteiger partial charge in [-0.3, -0.25) is 4.79 Å². The van der Waals surface area contributed by atoms with Crippen molar-refractivity contribution in [1.82, 2.24) is 10.3 Å². The van der Waals surface area contributed by atoms with Gasteiger partial charge in [0, 0.05) is 3.57 Å². The van der Waals surface area contributed by atoms with Crippen molar-refractivity contribution < 1.29 is 19.4 Å². The first-order valence-corrected chi connectivity index (χ1v) is 9.85. The van der Waals surface area contributed by atoms with Gasteiger partial charge in [-0.05, 0) is 66.1 Å². The Morgan fingerprint density at radius 1 is 1.26 bits per heavy atom. The zero-order valence-electron chi connectivity index (χ0n) is 14.1. The zero-order valence-corrected chi connectivity index (χ0v) is 17.0. The van der Waals surface area contributed by atoms with Crippen LogP contribution in [0, 0.1) is 9.39 Å². The molecule has 27 heavy (non-hydrogen) atoms. The summed E-state index contributed by atoms with van der Waals surface area (Å²) in [6, 6.07) is 5.46. The van der Waals surface area contributed by atoms with E-state index in [4.69, 9.17) is 11.6 Å². The first-order valence-electron chi connectivity index (χ1n) is 8.40. The van der Waals surface area contributed by atoms with Crippen LogP contribution in [-0.2, 0) is 0 Å². The number of pyridine rings is 1. The molecule has 1 aliphatic rings. The van der Waals surface area contributed by atoms with Gasteiger partial charge in [-0.2, -0.15) is 0 Å². The Kier molecular flexibility index (Phi) is 6.51. The molecular weight excluding hydrogens is 488 g/mol. The van der Waals surface area contributed by atoms with Crippen LogP contribution in [0.25, 0.3) is 0 Å². The number of rotatable bonds is 4. The summed E-state index contributed by atoms with van der Waals surface area (Å²) in [4.78, 5) is 16.7. The number of hydrogen-bond acceptors (Lipinski definition) is 5. The third-order valence-electron chi connectivity index (χ3n) is 4.45. The summed E-state index contributed by atoms with van der Waals surface area (Å²) in [6.45, 7) is 0. The smallest absolute Gasteiger partial charge is 0.253 e. The van der Waals surface area contributed by atoms with Gasteiger partial charge in [-0.15, -0.1) is 0 Å². The quantitative estimate of drug-likeness (QED) is 0.378. The monoisotopic (exact) mass is 505 g/mol. The molecule has 1 saturated carbocycles. The molecular formula is C18H18ClFIN3O3. The van der Waals surface area contributed by atoms with Crippen LogP contribution in [-0.4, -0.2) is 39.4 Å².